The van der Waals surface area contributed by atoms with Crippen molar-refractivity contribution in [1.82, 2.24) is 4.90 Å². The molecule has 3 fully saturated rings. The highest BCUT2D eigenvalue weighted by molar-refractivity contribution is 5.88. The maximum Gasteiger partial charge on any atom is 0.254 e. The first kappa shape index (κ1) is 9.64. The van der Waals surface area contributed by atoms with E-state index in [1.165, 1.54) is 19.3 Å². The van der Waals surface area contributed by atoms with E-state index >= 15 is 0 Å². The predicted molar refractivity (Wildman–Crippen MR) is 56.2 cm³/mol. The van der Waals surface area contributed by atoms with Gasteiger partial charge in [0.15, 0.2) is 0 Å². The van der Waals surface area contributed by atoms with Crippen LogP contribution in [0, 0.1) is 11.3 Å². The minimum absolute atomic E-state index is 0.00174. The highest BCUT2D eigenvalue weighted by Crippen LogP contribution is 2.49. The van der Waals surface area contributed by atoms with Gasteiger partial charge >= 0.3 is 0 Å². The van der Waals surface area contributed by atoms with Crippen molar-refractivity contribution < 1.29 is 9.90 Å². The lowest BCUT2D eigenvalue weighted by molar-refractivity contribution is -0.141. The van der Waals surface area contributed by atoms with Gasteiger partial charge in [0, 0.05) is 13.1 Å². The highest BCUT2D eigenvalue weighted by atomic mass is 16.3. The second-order valence-corrected chi connectivity index (χ2v) is 5.96. The van der Waals surface area contributed by atoms with Crippen LogP contribution < -0.4 is 0 Å². The summed E-state index contributed by atoms with van der Waals surface area (Å²) in [4.78, 5) is 13.9. The van der Waals surface area contributed by atoms with E-state index in [1.54, 1.807) is 0 Å². The lowest BCUT2D eigenvalue weighted by Gasteiger charge is -2.24. The molecule has 3 heteroatoms. The van der Waals surface area contributed by atoms with E-state index in [2.05, 4.69) is 6.92 Å². The van der Waals surface area contributed by atoms with Crippen molar-refractivity contribution in [1.29, 1.82) is 0 Å². The quantitative estimate of drug-likeness (QED) is 0.704. The Morgan fingerprint density at radius 3 is 2.73 bits per heavy atom. The molecule has 0 spiro atoms. The van der Waals surface area contributed by atoms with Gasteiger partial charge in [-0.25, -0.2) is 0 Å². The Bertz CT molecular complexity index is 311. The molecule has 3 aliphatic rings. The monoisotopic (exact) mass is 209 g/mol. The van der Waals surface area contributed by atoms with Gasteiger partial charge in [-0.15, -0.1) is 0 Å². The van der Waals surface area contributed by atoms with Crippen LogP contribution >= 0.6 is 0 Å². The topological polar surface area (TPSA) is 40.5 Å². The summed E-state index contributed by atoms with van der Waals surface area (Å²) < 4.78 is 0. The summed E-state index contributed by atoms with van der Waals surface area (Å²) in [5.74, 6) is 0.682. The molecule has 84 valence electrons. The predicted octanol–water partition coefficient (Wildman–Crippen LogP) is 1.16. The molecular weight excluding hydrogens is 190 g/mol. The number of nitrogens with zero attached hydrogens (tertiary/aromatic N) is 1. The zero-order valence-electron chi connectivity index (χ0n) is 9.33. The number of carbonyl (C=O) groups excluding carboxylic acids is 1. The fraction of sp³-hybridized carbons (Fsp3) is 0.917. The number of fused-ring (bicyclic) bond motifs is 1. The zero-order valence-corrected chi connectivity index (χ0v) is 9.33. The molecule has 3 nitrogen and oxygen atoms in total. The molecule has 0 aromatic carbocycles. The third kappa shape index (κ3) is 1.32. The second-order valence-electron chi connectivity index (χ2n) is 5.96. The summed E-state index contributed by atoms with van der Waals surface area (Å²) in [6.07, 6.45) is 5.17. The molecule has 1 heterocycles. The lowest BCUT2D eigenvalue weighted by atomic mass is 9.83. The lowest BCUT2D eigenvalue weighted by Crippen LogP contribution is -2.40. The number of carbonyl (C=O) groups is 1. The number of amides is 1. The summed E-state index contributed by atoms with van der Waals surface area (Å²) in [6.45, 7) is 4.06. The van der Waals surface area contributed by atoms with Crippen molar-refractivity contribution in [3.05, 3.63) is 0 Å². The Kier molecular flexibility index (Phi) is 1.77. The van der Waals surface area contributed by atoms with Crippen molar-refractivity contribution in [2.75, 3.05) is 13.1 Å². The first-order valence-electron chi connectivity index (χ1n) is 6.05. The van der Waals surface area contributed by atoms with E-state index in [1.807, 2.05) is 4.90 Å². The molecule has 0 bridgehead atoms. The van der Waals surface area contributed by atoms with Gasteiger partial charge in [-0.1, -0.05) is 13.3 Å². The molecule has 0 aromatic heterocycles. The summed E-state index contributed by atoms with van der Waals surface area (Å²) >= 11 is 0. The third-order valence-electron chi connectivity index (χ3n) is 4.69. The Balaban J connectivity index is 1.74. The SMILES string of the molecule is CC12CCCC1CN(C(=O)C1(O)CC1)C2. The molecule has 2 unspecified atom stereocenters. The van der Waals surface area contributed by atoms with Crippen LogP contribution in [0.25, 0.3) is 0 Å². The molecule has 1 saturated heterocycles. The van der Waals surface area contributed by atoms with Gasteiger partial charge in [0.25, 0.3) is 5.91 Å². The molecule has 2 aliphatic carbocycles. The summed E-state index contributed by atoms with van der Waals surface area (Å²) in [5, 5.41) is 9.81. The van der Waals surface area contributed by atoms with Crippen molar-refractivity contribution in [3.63, 3.8) is 0 Å². The second kappa shape index (κ2) is 2.76. The van der Waals surface area contributed by atoms with E-state index in [-0.39, 0.29) is 5.91 Å². The van der Waals surface area contributed by atoms with Crippen LogP contribution in [0.2, 0.25) is 0 Å². The molecule has 1 amide bonds. The van der Waals surface area contributed by atoms with Crippen LogP contribution in [-0.2, 0) is 4.79 Å². The number of hydrogen-bond acceptors (Lipinski definition) is 2. The highest BCUT2D eigenvalue weighted by Gasteiger charge is 2.55. The number of rotatable bonds is 1. The molecule has 3 rings (SSSR count). The van der Waals surface area contributed by atoms with Crippen molar-refractivity contribution >= 4 is 5.91 Å². The molecule has 2 atom stereocenters. The molecule has 0 radical (unpaired) electrons. The Labute approximate surface area is 90.5 Å². The standard InChI is InChI=1S/C12H19NO2/c1-11-4-2-3-9(11)7-13(8-11)10(14)12(15)5-6-12/h9,15H,2-8H2,1H3. The Morgan fingerprint density at radius 2 is 2.13 bits per heavy atom. The Hall–Kier alpha value is -0.570. The third-order valence-corrected chi connectivity index (χ3v) is 4.69. The average molecular weight is 209 g/mol. The van der Waals surface area contributed by atoms with Crippen LogP contribution in [0.3, 0.4) is 0 Å². The van der Waals surface area contributed by atoms with E-state index in [0.717, 1.165) is 13.1 Å². The van der Waals surface area contributed by atoms with Crippen LogP contribution in [0.1, 0.15) is 39.0 Å². The first-order chi connectivity index (χ1) is 7.04. The minimum atomic E-state index is -0.963. The van der Waals surface area contributed by atoms with Gasteiger partial charge in [0.05, 0.1) is 0 Å². The van der Waals surface area contributed by atoms with Gasteiger partial charge in [-0.2, -0.15) is 0 Å². The molecule has 2 saturated carbocycles. The van der Waals surface area contributed by atoms with E-state index in [9.17, 15) is 9.90 Å². The molecular formula is C12H19NO2. The largest absolute Gasteiger partial charge is 0.380 e. The van der Waals surface area contributed by atoms with Gasteiger partial charge in [0.2, 0.25) is 0 Å². The average Bonchev–Trinajstić information content (AvgIpc) is 2.68. The fourth-order valence-corrected chi connectivity index (χ4v) is 3.37. The first-order valence-corrected chi connectivity index (χ1v) is 6.05. The molecule has 15 heavy (non-hydrogen) atoms. The Morgan fingerprint density at radius 1 is 1.40 bits per heavy atom. The number of likely N-dealkylation sites (tertiary alicyclic amines) is 1. The molecule has 0 aromatic rings. The fourth-order valence-electron chi connectivity index (χ4n) is 3.37. The zero-order chi connectivity index (χ0) is 10.7. The van der Waals surface area contributed by atoms with Crippen LogP contribution in [0.4, 0.5) is 0 Å². The maximum atomic E-state index is 12.0. The van der Waals surface area contributed by atoms with E-state index in [4.69, 9.17) is 0 Å². The van der Waals surface area contributed by atoms with Gasteiger partial charge in [0.1, 0.15) is 5.60 Å². The van der Waals surface area contributed by atoms with Crippen LogP contribution in [0.15, 0.2) is 0 Å². The normalized spacial score (nSPS) is 41.7. The van der Waals surface area contributed by atoms with E-state index < -0.39 is 5.60 Å². The van der Waals surface area contributed by atoms with Gasteiger partial charge < -0.3 is 10.0 Å². The van der Waals surface area contributed by atoms with Gasteiger partial charge in [-0.3, -0.25) is 4.79 Å². The number of aliphatic hydroxyl groups is 1. The maximum absolute atomic E-state index is 12.0. The van der Waals surface area contributed by atoms with Crippen LogP contribution in [-0.4, -0.2) is 34.6 Å². The summed E-state index contributed by atoms with van der Waals surface area (Å²) in [6, 6.07) is 0. The van der Waals surface area contributed by atoms with Crippen molar-refractivity contribution in [2.45, 2.75) is 44.6 Å². The van der Waals surface area contributed by atoms with Crippen LogP contribution in [0.5, 0.6) is 0 Å². The van der Waals surface area contributed by atoms with Crippen molar-refractivity contribution in [2.24, 2.45) is 11.3 Å². The smallest absolute Gasteiger partial charge is 0.254 e. The van der Waals surface area contributed by atoms with E-state index in [0.29, 0.717) is 24.2 Å². The molecule has 1 N–H and O–H groups in total. The minimum Gasteiger partial charge on any atom is -0.380 e. The van der Waals surface area contributed by atoms with Gasteiger partial charge in [-0.05, 0) is 37.0 Å². The number of hydrogen-bond donors (Lipinski definition) is 1. The summed E-state index contributed by atoms with van der Waals surface area (Å²) in [5.41, 5.74) is -0.615. The van der Waals surface area contributed by atoms with Crippen molar-refractivity contribution in [3.8, 4) is 0 Å². The summed E-state index contributed by atoms with van der Waals surface area (Å²) in [7, 11) is 0. The molecule has 1 aliphatic heterocycles.